The molecule has 2 unspecified atom stereocenters. The van der Waals surface area contributed by atoms with Gasteiger partial charge in [0.15, 0.2) is 0 Å². The number of nitrogens with zero attached hydrogens (tertiary/aromatic N) is 1. The predicted molar refractivity (Wildman–Crippen MR) is 58.9 cm³/mol. The van der Waals surface area contributed by atoms with E-state index in [1.54, 1.807) is 0 Å². The van der Waals surface area contributed by atoms with Crippen molar-refractivity contribution in [3.05, 3.63) is 0 Å². The third-order valence-corrected chi connectivity index (χ3v) is 4.08. The molecule has 1 heterocycles. The van der Waals surface area contributed by atoms with Crippen molar-refractivity contribution in [2.24, 2.45) is 17.3 Å². The van der Waals surface area contributed by atoms with Gasteiger partial charge in [0, 0.05) is 5.41 Å². The fourth-order valence-corrected chi connectivity index (χ4v) is 3.29. The Hall–Kier alpha value is -1.90. The second-order valence-corrected chi connectivity index (χ2v) is 4.98. The van der Waals surface area contributed by atoms with Crippen LogP contribution in [0.4, 0.5) is 0 Å². The zero-order chi connectivity index (χ0) is 13.3. The summed E-state index contributed by atoms with van der Waals surface area (Å²) in [6.07, 6.45) is 3.34. The summed E-state index contributed by atoms with van der Waals surface area (Å²) >= 11 is 0. The number of nitrogens with one attached hydrogen (secondary N) is 1. The van der Waals surface area contributed by atoms with Crippen molar-refractivity contribution in [3.63, 3.8) is 0 Å². The number of carboxylic acid groups (broad SMARTS) is 1. The van der Waals surface area contributed by atoms with Crippen LogP contribution in [0.15, 0.2) is 0 Å². The number of piperidine rings is 1. The summed E-state index contributed by atoms with van der Waals surface area (Å²) in [6, 6.07) is 1.89. The molecule has 1 spiro atoms. The molecule has 2 N–H and O–H groups in total. The average Bonchev–Trinajstić information content (AvgIpc) is 2.29. The van der Waals surface area contributed by atoms with E-state index in [1.165, 1.54) is 0 Å². The van der Waals surface area contributed by atoms with Gasteiger partial charge >= 0.3 is 5.97 Å². The van der Waals surface area contributed by atoms with Gasteiger partial charge in [-0.1, -0.05) is 19.3 Å². The molecule has 1 saturated heterocycles. The van der Waals surface area contributed by atoms with Crippen molar-refractivity contribution in [3.8, 4) is 6.07 Å². The van der Waals surface area contributed by atoms with Crippen LogP contribution in [-0.2, 0) is 14.4 Å². The Morgan fingerprint density at radius 1 is 1.28 bits per heavy atom. The Labute approximate surface area is 104 Å². The summed E-state index contributed by atoms with van der Waals surface area (Å²) in [5.74, 6) is -5.01. The number of nitriles is 1. The first-order valence-corrected chi connectivity index (χ1v) is 6.00. The van der Waals surface area contributed by atoms with Crippen LogP contribution in [0.3, 0.4) is 0 Å². The molecule has 1 aliphatic heterocycles. The van der Waals surface area contributed by atoms with E-state index in [4.69, 9.17) is 5.26 Å². The van der Waals surface area contributed by atoms with Crippen molar-refractivity contribution in [2.75, 3.05) is 0 Å². The third kappa shape index (κ3) is 1.67. The number of carboxylic acids is 1. The van der Waals surface area contributed by atoms with Gasteiger partial charge in [0.2, 0.25) is 11.8 Å². The minimum atomic E-state index is -1.29. The second-order valence-electron chi connectivity index (χ2n) is 4.98. The summed E-state index contributed by atoms with van der Waals surface area (Å²) in [5, 5.41) is 20.4. The molecule has 2 fully saturated rings. The minimum absolute atomic E-state index is 0.446. The lowest BCUT2D eigenvalue weighted by atomic mass is 9.57. The van der Waals surface area contributed by atoms with E-state index in [0.717, 1.165) is 19.3 Å². The zero-order valence-electron chi connectivity index (χ0n) is 9.81. The van der Waals surface area contributed by atoms with E-state index in [2.05, 4.69) is 0 Å². The number of carbonyl (C=O) groups is 3. The van der Waals surface area contributed by atoms with E-state index in [9.17, 15) is 19.5 Å². The monoisotopic (exact) mass is 250 g/mol. The maximum absolute atomic E-state index is 11.8. The molecule has 0 radical (unpaired) electrons. The van der Waals surface area contributed by atoms with Gasteiger partial charge in [-0.3, -0.25) is 19.7 Å². The van der Waals surface area contributed by atoms with E-state index in [0.29, 0.717) is 12.8 Å². The molecule has 0 aromatic rings. The second kappa shape index (κ2) is 4.41. The van der Waals surface area contributed by atoms with Crippen LogP contribution >= 0.6 is 0 Å². The van der Waals surface area contributed by atoms with Crippen LogP contribution in [0.5, 0.6) is 0 Å². The van der Waals surface area contributed by atoms with E-state index in [-0.39, 0.29) is 0 Å². The van der Waals surface area contributed by atoms with Crippen LogP contribution < -0.4 is 5.32 Å². The lowest BCUT2D eigenvalue weighted by molar-refractivity contribution is -0.163. The van der Waals surface area contributed by atoms with Crippen LogP contribution in [0.2, 0.25) is 0 Å². The van der Waals surface area contributed by atoms with Crippen LogP contribution in [0, 0.1) is 28.6 Å². The topological polar surface area (TPSA) is 107 Å². The van der Waals surface area contributed by atoms with Crippen molar-refractivity contribution < 1.29 is 19.5 Å². The van der Waals surface area contributed by atoms with E-state index in [1.807, 2.05) is 11.4 Å². The lowest BCUT2D eigenvalue weighted by Gasteiger charge is -2.45. The van der Waals surface area contributed by atoms with Crippen molar-refractivity contribution in [1.29, 1.82) is 5.26 Å². The molecular weight excluding hydrogens is 236 g/mol. The highest BCUT2D eigenvalue weighted by Gasteiger charge is 2.58. The van der Waals surface area contributed by atoms with Gasteiger partial charge in [-0.05, 0) is 12.8 Å². The number of carbonyl (C=O) groups excluding carboxylic acids is 2. The molecule has 2 amide bonds. The van der Waals surface area contributed by atoms with Gasteiger partial charge in [0.25, 0.3) is 0 Å². The van der Waals surface area contributed by atoms with Gasteiger partial charge in [0.1, 0.15) is 11.8 Å². The van der Waals surface area contributed by atoms with Gasteiger partial charge in [0.05, 0.1) is 6.07 Å². The smallest absolute Gasteiger partial charge is 0.316 e. The molecule has 1 saturated carbocycles. The minimum Gasteiger partial charge on any atom is -0.481 e. The molecule has 96 valence electrons. The fraction of sp³-hybridized carbons (Fsp3) is 0.667. The number of aliphatic carboxylic acids is 1. The molecule has 2 aliphatic rings. The maximum Gasteiger partial charge on any atom is 0.316 e. The Balaban J connectivity index is 2.49. The highest BCUT2D eigenvalue weighted by Crippen LogP contribution is 2.50. The number of imide groups is 1. The summed E-state index contributed by atoms with van der Waals surface area (Å²) in [6.45, 7) is 0. The molecule has 0 aromatic heterocycles. The van der Waals surface area contributed by atoms with Crippen LogP contribution in [-0.4, -0.2) is 22.9 Å². The SMILES string of the molecule is N#CC1C(=O)NC(=O)C(C(=O)O)C12CCCCC2. The summed E-state index contributed by atoms with van der Waals surface area (Å²) in [7, 11) is 0. The number of rotatable bonds is 1. The Bertz CT molecular complexity index is 445. The van der Waals surface area contributed by atoms with Gasteiger partial charge in [-0.2, -0.15) is 5.26 Å². The first-order chi connectivity index (χ1) is 8.53. The molecule has 1 aliphatic carbocycles. The largest absolute Gasteiger partial charge is 0.481 e. The number of hydrogen-bond acceptors (Lipinski definition) is 4. The Morgan fingerprint density at radius 2 is 1.89 bits per heavy atom. The van der Waals surface area contributed by atoms with Gasteiger partial charge < -0.3 is 5.11 Å². The van der Waals surface area contributed by atoms with E-state index >= 15 is 0 Å². The molecule has 2 rings (SSSR count). The normalized spacial score (nSPS) is 30.6. The third-order valence-electron chi connectivity index (χ3n) is 4.08. The van der Waals surface area contributed by atoms with Crippen molar-refractivity contribution in [1.82, 2.24) is 5.32 Å². The highest BCUT2D eigenvalue weighted by atomic mass is 16.4. The first kappa shape index (κ1) is 12.6. The maximum atomic E-state index is 11.8. The molecule has 6 heteroatoms. The molecule has 0 aromatic carbocycles. The van der Waals surface area contributed by atoms with Crippen molar-refractivity contribution in [2.45, 2.75) is 32.1 Å². The molecule has 6 nitrogen and oxygen atoms in total. The molecular formula is C12H14N2O4. The quantitative estimate of drug-likeness (QED) is 0.518. The van der Waals surface area contributed by atoms with Gasteiger partial charge in [-0.25, -0.2) is 0 Å². The molecule has 18 heavy (non-hydrogen) atoms. The van der Waals surface area contributed by atoms with Crippen molar-refractivity contribution >= 4 is 17.8 Å². The highest BCUT2D eigenvalue weighted by molar-refractivity contribution is 6.09. The van der Waals surface area contributed by atoms with Crippen LogP contribution in [0.25, 0.3) is 0 Å². The van der Waals surface area contributed by atoms with Gasteiger partial charge in [-0.15, -0.1) is 0 Å². The summed E-state index contributed by atoms with van der Waals surface area (Å²) < 4.78 is 0. The Morgan fingerprint density at radius 3 is 2.39 bits per heavy atom. The first-order valence-electron chi connectivity index (χ1n) is 6.00. The summed E-state index contributed by atoms with van der Waals surface area (Å²) in [5.41, 5.74) is -1.02. The van der Waals surface area contributed by atoms with E-state index < -0.39 is 35.0 Å². The van der Waals surface area contributed by atoms with Crippen LogP contribution in [0.1, 0.15) is 32.1 Å². The molecule has 2 atom stereocenters. The predicted octanol–water partition coefficient (Wildman–Crippen LogP) is 0.434. The summed E-state index contributed by atoms with van der Waals surface area (Å²) in [4.78, 5) is 34.8. The average molecular weight is 250 g/mol. The zero-order valence-corrected chi connectivity index (χ0v) is 9.81. The number of hydrogen-bond donors (Lipinski definition) is 2. The molecule has 0 bridgehead atoms. The standard InChI is InChI=1S/C12H14N2O4/c13-6-7-9(15)14-10(16)8(11(17)18)12(7)4-2-1-3-5-12/h7-8H,1-5H2,(H,17,18)(H,14,15,16). The lowest BCUT2D eigenvalue weighted by Crippen LogP contribution is -2.60. The number of amides is 2. The fourth-order valence-electron chi connectivity index (χ4n) is 3.29. The Kier molecular flexibility index (Phi) is 3.07.